The number of H-pyrrole nitrogens is 2. The number of hydrogen-bond acceptors (Lipinski definition) is 4. The fourth-order valence-electron chi connectivity index (χ4n) is 2.89. The number of thioether (sulfide) groups is 1. The zero-order chi connectivity index (χ0) is 18.1. The van der Waals surface area contributed by atoms with Crippen LogP contribution in [0.5, 0.6) is 0 Å². The molecule has 26 heavy (non-hydrogen) atoms. The summed E-state index contributed by atoms with van der Waals surface area (Å²) in [5.41, 5.74) is 5.33. The van der Waals surface area contributed by atoms with E-state index in [2.05, 4.69) is 50.5 Å². The Bertz CT molecular complexity index is 1100. The molecule has 0 amide bonds. The number of aromatic nitrogens is 4. The largest absolute Gasteiger partial charge is 0.481 e. The van der Waals surface area contributed by atoms with Crippen LogP contribution >= 0.6 is 11.8 Å². The average Bonchev–Trinajstić information content (AvgIpc) is 3.28. The monoisotopic (exact) mass is 364 g/mol. The minimum absolute atomic E-state index is 0.0517. The molecule has 0 aliphatic carbocycles. The third kappa shape index (κ3) is 3.34. The molecule has 0 saturated heterocycles. The molecule has 0 aliphatic heterocycles. The number of aryl methyl sites for hydroxylation is 1. The summed E-state index contributed by atoms with van der Waals surface area (Å²) >= 11 is 1.12. The second-order valence-corrected chi connectivity index (χ2v) is 6.99. The summed E-state index contributed by atoms with van der Waals surface area (Å²) < 4.78 is 0. The molecule has 2 aromatic carbocycles. The zero-order valence-corrected chi connectivity index (χ0v) is 14.8. The van der Waals surface area contributed by atoms with Gasteiger partial charge in [0.15, 0.2) is 11.0 Å². The smallest absolute Gasteiger partial charge is 0.313 e. The first-order valence-corrected chi connectivity index (χ1v) is 9.04. The minimum Gasteiger partial charge on any atom is -0.481 e. The highest BCUT2D eigenvalue weighted by Crippen LogP contribution is 2.29. The van der Waals surface area contributed by atoms with Gasteiger partial charge in [-0.1, -0.05) is 30.0 Å². The Morgan fingerprint density at radius 2 is 1.92 bits per heavy atom. The van der Waals surface area contributed by atoms with Crippen molar-refractivity contribution >= 4 is 28.6 Å². The van der Waals surface area contributed by atoms with Gasteiger partial charge in [-0.3, -0.25) is 4.79 Å². The van der Waals surface area contributed by atoms with E-state index in [1.807, 2.05) is 25.3 Å². The number of benzene rings is 2. The van der Waals surface area contributed by atoms with E-state index in [1.54, 1.807) is 0 Å². The van der Waals surface area contributed by atoms with Crippen LogP contribution in [0.4, 0.5) is 0 Å². The van der Waals surface area contributed by atoms with Gasteiger partial charge >= 0.3 is 5.97 Å². The van der Waals surface area contributed by atoms with Gasteiger partial charge in [-0.2, -0.15) is 0 Å². The zero-order valence-electron chi connectivity index (χ0n) is 14.0. The predicted molar refractivity (Wildman–Crippen MR) is 102 cm³/mol. The van der Waals surface area contributed by atoms with Gasteiger partial charge in [0.1, 0.15) is 0 Å². The predicted octanol–water partition coefficient (Wildman–Crippen LogP) is 4.11. The first-order chi connectivity index (χ1) is 12.6. The van der Waals surface area contributed by atoms with Crippen molar-refractivity contribution in [2.75, 3.05) is 5.75 Å². The number of nitrogens with zero attached hydrogens (tertiary/aromatic N) is 2. The molecular formula is C19H16N4O2S. The lowest BCUT2D eigenvalue weighted by molar-refractivity contribution is -0.133. The van der Waals surface area contributed by atoms with E-state index in [0.717, 1.165) is 39.5 Å². The molecule has 0 aliphatic rings. The molecule has 2 heterocycles. The molecule has 0 spiro atoms. The third-order valence-electron chi connectivity index (χ3n) is 4.04. The van der Waals surface area contributed by atoms with Gasteiger partial charge in [0.2, 0.25) is 0 Å². The fourth-order valence-corrected chi connectivity index (χ4v) is 3.41. The highest BCUT2D eigenvalue weighted by atomic mass is 32.2. The second kappa shape index (κ2) is 6.68. The van der Waals surface area contributed by atoms with Crippen LogP contribution in [0.2, 0.25) is 0 Å². The molecule has 0 saturated carbocycles. The molecule has 6 nitrogen and oxygen atoms in total. The van der Waals surface area contributed by atoms with E-state index in [1.165, 1.54) is 5.39 Å². The molecule has 3 N–H and O–H groups in total. The number of fused-ring (bicyclic) bond motifs is 1. The van der Waals surface area contributed by atoms with E-state index in [9.17, 15) is 4.79 Å². The maximum absolute atomic E-state index is 10.7. The van der Waals surface area contributed by atoms with Crippen LogP contribution in [0.25, 0.3) is 33.4 Å². The first-order valence-electron chi connectivity index (χ1n) is 8.05. The summed E-state index contributed by atoms with van der Waals surface area (Å²) in [7, 11) is 0. The van der Waals surface area contributed by atoms with Crippen LogP contribution in [0.3, 0.4) is 0 Å². The molecule has 2 aromatic heterocycles. The fraction of sp³-hybridized carbons (Fsp3) is 0.105. The molecule has 0 bridgehead atoms. The summed E-state index contributed by atoms with van der Waals surface area (Å²) in [5.74, 6) is -0.307. The summed E-state index contributed by atoms with van der Waals surface area (Å²) in [6, 6.07) is 14.6. The first kappa shape index (κ1) is 16.4. The lowest BCUT2D eigenvalue weighted by Gasteiger charge is -2.07. The normalized spacial score (nSPS) is 11.1. The third-order valence-corrected chi connectivity index (χ3v) is 4.89. The van der Waals surface area contributed by atoms with Crippen molar-refractivity contribution in [3.8, 4) is 22.5 Å². The van der Waals surface area contributed by atoms with Crippen LogP contribution in [0.1, 0.15) is 5.56 Å². The molecule has 0 radical (unpaired) electrons. The molecular weight excluding hydrogens is 348 g/mol. The van der Waals surface area contributed by atoms with Gasteiger partial charge in [0.05, 0.1) is 5.75 Å². The van der Waals surface area contributed by atoms with E-state index < -0.39 is 5.97 Å². The summed E-state index contributed by atoms with van der Waals surface area (Å²) in [5, 5.41) is 18.6. The SMILES string of the molecule is Cc1cc(-c2ccc3cc[nH]c3c2)cc(-c2nnc(SCC(=O)O)[nH]2)c1. The number of carboxylic acid groups (broad SMARTS) is 1. The maximum atomic E-state index is 10.7. The van der Waals surface area contributed by atoms with Crippen molar-refractivity contribution in [3.05, 3.63) is 54.2 Å². The van der Waals surface area contributed by atoms with Gasteiger partial charge in [-0.05, 0) is 53.3 Å². The van der Waals surface area contributed by atoms with Gasteiger partial charge in [-0.15, -0.1) is 10.2 Å². The van der Waals surface area contributed by atoms with Crippen LogP contribution in [0.15, 0.2) is 53.8 Å². The molecule has 0 fully saturated rings. The van der Waals surface area contributed by atoms with Gasteiger partial charge in [0, 0.05) is 17.3 Å². The van der Waals surface area contributed by atoms with E-state index in [0.29, 0.717) is 11.0 Å². The Morgan fingerprint density at radius 1 is 1.08 bits per heavy atom. The van der Waals surface area contributed by atoms with Gasteiger partial charge < -0.3 is 15.1 Å². The molecule has 0 unspecified atom stereocenters. The van der Waals surface area contributed by atoms with Crippen molar-refractivity contribution in [2.45, 2.75) is 12.1 Å². The number of carbonyl (C=O) groups is 1. The Hall–Kier alpha value is -3.06. The average molecular weight is 364 g/mol. The van der Waals surface area contributed by atoms with E-state index in [-0.39, 0.29) is 5.75 Å². The van der Waals surface area contributed by atoms with E-state index in [4.69, 9.17) is 5.11 Å². The summed E-state index contributed by atoms with van der Waals surface area (Å²) in [4.78, 5) is 17.0. The lowest BCUT2D eigenvalue weighted by atomic mass is 9.99. The Kier molecular flexibility index (Phi) is 4.22. The van der Waals surface area contributed by atoms with Crippen LogP contribution in [-0.4, -0.2) is 37.0 Å². The number of aromatic amines is 2. The van der Waals surface area contributed by atoms with Crippen molar-refractivity contribution in [3.63, 3.8) is 0 Å². The van der Waals surface area contributed by atoms with Crippen molar-refractivity contribution in [1.29, 1.82) is 0 Å². The number of carboxylic acids is 1. The topological polar surface area (TPSA) is 94.7 Å². The molecule has 4 aromatic rings. The quantitative estimate of drug-likeness (QED) is 0.463. The van der Waals surface area contributed by atoms with Crippen molar-refractivity contribution in [1.82, 2.24) is 20.2 Å². The maximum Gasteiger partial charge on any atom is 0.313 e. The second-order valence-electron chi connectivity index (χ2n) is 6.03. The summed E-state index contributed by atoms with van der Waals surface area (Å²) in [6.45, 7) is 2.04. The molecule has 0 atom stereocenters. The van der Waals surface area contributed by atoms with E-state index >= 15 is 0 Å². The number of hydrogen-bond donors (Lipinski definition) is 3. The number of aliphatic carboxylic acids is 1. The van der Waals surface area contributed by atoms with Crippen molar-refractivity contribution in [2.24, 2.45) is 0 Å². The van der Waals surface area contributed by atoms with Crippen LogP contribution in [0, 0.1) is 6.92 Å². The van der Waals surface area contributed by atoms with Crippen LogP contribution < -0.4 is 0 Å². The number of rotatable bonds is 5. The van der Waals surface area contributed by atoms with Gasteiger partial charge in [0.25, 0.3) is 0 Å². The van der Waals surface area contributed by atoms with Crippen LogP contribution in [-0.2, 0) is 4.79 Å². The highest BCUT2D eigenvalue weighted by molar-refractivity contribution is 7.99. The van der Waals surface area contributed by atoms with Gasteiger partial charge in [-0.25, -0.2) is 0 Å². The standard InChI is InChI=1S/C19H16N4O2S/c1-11-6-14(13-3-2-12-4-5-20-16(12)9-13)8-15(7-11)18-21-19(23-22-18)26-10-17(24)25/h2-9,20H,10H2,1H3,(H,24,25)(H,21,22,23). The Labute approximate surface area is 153 Å². The Morgan fingerprint density at radius 3 is 2.77 bits per heavy atom. The molecule has 130 valence electrons. The molecule has 4 rings (SSSR count). The Balaban J connectivity index is 1.69. The highest BCUT2D eigenvalue weighted by Gasteiger charge is 2.10. The summed E-state index contributed by atoms with van der Waals surface area (Å²) in [6.07, 6.45) is 1.93. The molecule has 7 heteroatoms. The minimum atomic E-state index is -0.884. The van der Waals surface area contributed by atoms with Crippen molar-refractivity contribution < 1.29 is 9.90 Å². The number of nitrogens with one attached hydrogen (secondary N) is 2. The lowest BCUT2D eigenvalue weighted by Crippen LogP contribution is -1.97.